The van der Waals surface area contributed by atoms with Crippen molar-refractivity contribution in [3.63, 3.8) is 0 Å². The van der Waals surface area contributed by atoms with Crippen LogP contribution in [0, 0.1) is 11.3 Å². The van der Waals surface area contributed by atoms with E-state index in [0.717, 1.165) is 82.1 Å². The fraction of sp³-hybridized carbons (Fsp3) is 0.645. The van der Waals surface area contributed by atoms with Crippen LogP contribution in [0.1, 0.15) is 80.0 Å². The molecule has 5 aliphatic heterocycles. The number of carbonyl (C=O) groups is 5. The van der Waals surface area contributed by atoms with E-state index in [2.05, 4.69) is 15.1 Å². The number of carbonyl (C=O) groups excluding carboxylic acids is 5. The Morgan fingerprint density at radius 1 is 0.952 bits per heavy atom. The summed E-state index contributed by atoms with van der Waals surface area (Å²) in [6.07, 6.45) is 4.28. The summed E-state index contributed by atoms with van der Waals surface area (Å²) in [5.74, 6) is -1.34. The number of nitrogens with one attached hydrogen (secondary N) is 1. The number of nitrogens with zero attached hydrogens (tertiary/aromatic N) is 4. The Bertz CT molecular complexity index is 1320. The first kappa shape index (κ1) is 28.6. The van der Waals surface area contributed by atoms with Gasteiger partial charge in [-0.1, -0.05) is 0 Å². The maximum atomic E-state index is 13.2. The van der Waals surface area contributed by atoms with Gasteiger partial charge in [-0.25, -0.2) is 4.79 Å². The molecule has 2 unspecified atom stereocenters. The minimum Gasteiger partial charge on any atom is -0.444 e. The molecule has 2 atom stereocenters. The third kappa shape index (κ3) is 5.50. The molecule has 1 aromatic rings. The number of amides is 5. The van der Waals surface area contributed by atoms with Gasteiger partial charge < -0.3 is 19.4 Å². The van der Waals surface area contributed by atoms with Gasteiger partial charge in [-0.2, -0.15) is 0 Å². The molecular formula is C31H41N5O6. The number of rotatable bonds is 4. The quantitative estimate of drug-likeness (QED) is 0.541. The lowest BCUT2D eigenvalue weighted by Gasteiger charge is -2.35. The second kappa shape index (κ2) is 10.7. The summed E-state index contributed by atoms with van der Waals surface area (Å²) in [6.45, 7) is 12.1. The summed E-state index contributed by atoms with van der Waals surface area (Å²) in [7, 11) is 0. The van der Waals surface area contributed by atoms with E-state index in [4.69, 9.17) is 4.74 Å². The molecule has 0 aliphatic carbocycles. The number of fused-ring (bicyclic) bond motifs is 1. The molecule has 5 amide bonds. The van der Waals surface area contributed by atoms with Gasteiger partial charge in [0.15, 0.2) is 0 Å². The Balaban J connectivity index is 1.01. The predicted octanol–water partition coefficient (Wildman–Crippen LogP) is 2.64. The molecule has 1 spiro atoms. The normalized spacial score (nSPS) is 27.3. The van der Waals surface area contributed by atoms with Crippen molar-refractivity contribution in [3.8, 4) is 0 Å². The number of hydrogen-bond acceptors (Lipinski definition) is 8. The van der Waals surface area contributed by atoms with E-state index in [1.54, 1.807) is 12.1 Å². The van der Waals surface area contributed by atoms with Gasteiger partial charge in [-0.15, -0.1) is 0 Å². The summed E-state index contributed by atoms with van der Waals surface area (Å²) in [5.41, 5.74) is 1.24. The Hall–Kier alpha value is -3.47. The van der Waals surface area contributed by atoms with Gasteiger partial charge in [0.25, 0.3) is 11.8 Å². The van der Waals surface area contributed by atoms with Crippen molar-refractivity contribution in [1.82, 2.24) is 20.0 Å². The first-order valence-corrected chi connectivity index (χ1v) is 15.2. The number of ether oxygens (including phenoxy) is 1. The van der Waals surface area contributed by atoms with Gasteiger partial charge in [0, 0.05) is 56.8 Å². The third-order valence-electron chi connectivity index (χ3n) is 9.53. The van der Waals surface area contributed by atoms with Crippen LogP contribution < -0.4 is 10.2 Å². The maximum Gasteiger partial charge on any atom is 0.410 e. The lowest BCUT2D eigenvalue weighted by atomic mass is 9.86. The maximum absolute atomic E-state index is 13.2. The summed E-state index contributed by atoms with van der Waals surface area (Å²) in [6, 6.07) is 4.40. The van der Waals surface area contributed by atoms with Gasteiger partial charge in [0.1, 0.15) is 11.6 Å². The molecule has 0 bridgehead atoms. The summed E-state index contributed by atoms with van der Waals surface area (Å²) >= 11 is 0. The highest BCUT2D eigenvalue weighted by Gasteiger charge is 2.47. The first-order chi connectivity index (χ1) is 19.9. The second-order valence-corrected chi connectivity index (χ2v) is 13.7. The molecule has 4 fully saturated rings. The standard InChI is InChI=1S/C31H41N5O6/c1-30(2,3)42-29(41)35-15-11-31(19-35)10-14-33(18-31)17-20-8-12-34(13-9-20)21-4-5-22-23(16-21)28(40)36(27(22)39)24-6-7-25(37)32-26(24)38/h4-5,16,20,24H,6-15,17-19H2,1-3H3,(H,32,37,38). The van der Waals surface area contributed by atoms with E-state index < -0.39 is 29.4 Å². The second-order valence-electron chi connectivity index (χ2n) is 13.7. The zero-order valence-electron chi connectivity index (χ0n) is 24.8. The fourth-order valence-corrected chi connectivity index (χ4v) is 7.33. The molecular weight excluding hydrogens is 538 g/mol. The van der Waals surface area contributed by atoms with Crippen LogP contribution in [0.15, 0.2) is 18.2 Å². The summed E-state index contributed by atoms with van der Waals surface area (Å²) < 4.78 is 5.60. The zero-order chi connectivity index (χ0) is 29.8. The van der Waals surface area contributed by atoms with Gasteiger partial charge in [-0.05, 0) is 83.5 Å². The number of piperidine rings is 2. The average molecular weight is 580 g/mol. The third-order valence-corrected chi connectivity index (χ3v) is 9.53. The topological polar surface area (TPSA) is 120 Å². The van der Waals surface area contributed by atoms with Crippen molar-refractivity contribution in [2.75, 3.05) is 50.7 Å². The molecule has 0 aromatic heterocycles. The Morgan fingerprint density at radius 3 is 2.38 bits per heavy atom. The van der Waals surface area contributed by atoms with Crippen LogP contribution in [0.4, 0.5) is 10.5 Å². The van der Waals surface area contributed by atoms with E-state index >= 15 is 0 Å². The van der Waals surface area contributed by atoms with E-state index in [0.29, 0.717) is 17.0 Å². The monoisotopic (exact) mass is 579 g/mol. The largest absolute Gasteiger partial charge is 0.444 e. The highest BCUT2D eigenvalue weighted by molar-refractivity contribution is 6.23. The molecule has 1 N–H and O–H groups in total. The lowest BCUT2D eigenvalue weighted by molar-refractivity contribution is -0.136. The van der Waals surface area contributed by atoms with Gasteiger partial charge in [0.2, 0.25) is 11.8 Å². The summed E-state index contributed by atoms with van der Waals surface area (Å²) in [4.78, 5) is 70.5. The fourth-order valence-electron chi connectivity index (χ4n) is 7.33. The van der Waals surface area contributed by atoms with Crippen LogP contribution in [0.25, 0.3) is 0 Å². The predicted molar refractivity (Wildman–Crippen MR) is 154 cm³/mol. The van der Waals surface area contributed by atoms with Crippen molar-refractivity contribution in [2.45, 2.75) is 70.9 Å². The molecule has 5 aliphatic rings. The number of benzene rings is 1. The number of anilines is 1. The SMILES string of the molecule is CC(C)(C)OC(=O)N1CCC2(CCN(CC3CCN(c4ccc5c(c4)C(=O)N(C4CCC(=O)NC4=O)C5=O)CC3)C2)C1. The molecule has 11 nitrogen and oxygen atoms in total. The smallest absolute Gasteiger partial charge is 0.410 e. The minimum atomic E-state index is -0.955. The van der Waals surface area contributed by atoms with Crippen molar-refractivity contribution in [3.05, 3.63) is 29.3 Å². The van der Waals surface area contributed by atoms with E-state index in [9.17, 15) is 24.0 Å². The van der Waals surface area contributed by atoms with Crippen LogP contribution >= 0.6 is 0 Å². The van der Waals surface area contributed by atoms with Crippen molar-refractivity contribution in [1.29, 1.82) is 0 Å². The van der Waals surface area contributed by atoms with Crippen LogP contribution in [0.5, 0.6) is 0 Å². The van der Waals surface area contributed by atoms with Crippen LogP contribution in [-0.4, -0.2) is 102 Å². The Labute approximate surface area is 246 Å². The average Bonchev–Trinajstić information content (AvgIpc) is 3.61. The van der Waals surface area contributed by atoms with E-state index in [1.165, 1.54) is 0 Å². The van der Waals surface area contributed by atoms with Crippen LogP contribution in [0.3, 0.4) is 0 Å². The Kier molecular flexibility index (Phi) is 7.27. The molecule has 0 radical (unpaired) electrons. The lowest BCUT2D eigenvalue weighted by Crippen LogP contribution is -2.54. The molecule has 6 rings (SSSR count). The van der Waals surface area contributed by atoms with E-state index in [-0.39, 0.29) is 30.3 Å². The van der Waals surface area contributed by atoms with Crippen LogP contribution in [-0.2, 0) is 14.3 Å². The summed E-state index contributed by atoms with van der Waals surface area (Å²) in [5, 5.41) is 2.24. The zero-order valence-corrected chi connectivity index (χ0v) is 24.8. The van der Waals surface area contributed by atoms with Crippen molar-refractivity contribution in [2.24, 2.45) is 11.3 Å². The van der Waals surface area contributed by atoms with Gasteiger partial charge in [-0.3, -0.25) is 29.4 Å². The van der Waals surface area contributed by atoms with Gasteiger partial charge in [0.05, 0.1) is 11.1 Å². The molecule has 11 heteroatoms. The van der Waals surface area contributed by atoms with Crippen molar-refractivity contribution < 1.29 is 28.7 Å². The number of likely N-dealkylation sites (tertiary alicyclic amines) is 2. The van der Waals surface area contributed by atoms with E-state index in [1.807, 2.05) is 31.7 Å². The van der Waals surface area contributed by atoms with Crippen molar-refractivity contribution >= 4 is 35.4 Å². The number of hydrogen-bond donors (Lipinski definition) is 1. The molecule has 226 valence electrons. The highest BCUT2D eigenvalue weighted by Crippen LogP contribution is 2.41. The van der Waals surface area contributed by atoms with Gasteiger partial charge >= 0.3 is 6.09 Å². The number of imide groups is 2. The molecule has 4 saturated heterocycles. The minimum absolute atomic E-state index is 0.104. The van der Waals surface area contributed by atoms with Crippen LogP contribution in [0.2, 0.25) is 0 Å². The molecule has 5 heterocycles. The molecule has 42 heavy (non-hydrogen) atoms. The first-order valence-electron chi connectivity index (χ1n) is 15.2. The molecule has 1 aromatic carbocycles. The highest BCUT2D eigenvalue weighted by atomic mass is 16.6. The Morgan fingerprint density at radius 2 is 1.67 bits per heavy atom. The molecule has 0 saturated carbocycles.